The minimum Gasteiger partial charge on any atom is -0.490 e. The van der Waals surface area contributed by atoms with Crippen LogP contribution < -0.4 is 4.74 Å². The minimum absolute atomic E-state index is 0.0992. The molecule has 0 aliphatic heterocycles. The largest absolute Gasteiger partial charge is 0.490 e. The molecule has 24 heavy (non-hydrogen) atoms. The molecule has 2 rings (SSSR count). The molecule has 0 saturated carbocycles. The summed E-state index contributed by atoms with van der Waals surface area (Å²) in [7, 11) is 0. The Hall–Kier alpha value is -3.02. The molecule has 0 saturated heterocycles. The lowest BCUT2D eigenvalue weighted by molar-refractivity contribution is -0.141. The maximum Gasteiger partial charge on any atom is 0.436 e. The van der Waals surface area contributed by atoms with Gasteiger partial charge in [-0.15, -0.1) is 0 Å². The zero-order valence-corrected chi connectivity index (χ0v) is 12.6. The van der Waals surface area contributed by atoms with Crippen LogP contribution in [0.4, 0.5) is 13.2 Å². The zero-order valence-electron chi connectivity index (χ0n) is 12.6. The average Bonchev–Trinajstić information content (AvgIpc) is 2.92. The van der Waals surface area contributed by atoms with Crippen molar-refractivity contribution in [1.82, 2.24) is 9.78 Å². The molecule has 0 atom stereocenters. The molecule has 0 bridgehead atoms. The maximum atomic E-state index is 12.9. The quantitative estimate of drug-likeness (QED) is 0.924. The summed E-state index contributed by atoms with van der Waals surface area (Å²) in [6.07, 6.45) is -4.34. The number of rotatable bonds is 4. The van der Waals surface area contributed by atoms with Crippen molar-refractivity contribution < 1.29 is 27.8 Å². The Kier molecular flexibility index (Phi) is 4.50. The first kappa shape index (κ1) is 17.3. The molecule has 6 nitrogen and oxygen atoms in total. The zero-order chi connectivity index (χ0) is 18.1. The Bertz CT molecular complexity index is 820. The molecule has 1 N–H and O–H groups in total. The van der Waals surface area contributed by atoms with Gasteiger partial charge in [0.1, 0.15) is 17.4 Å². The van der Waals surface area contributed by atoms with Gasteiger partial charge in [-0.3, -0.25) is 0 Å². The van der Waals surface area contributed by atoms with Crippen LogP contribution in [0.3, 0.4) is 0 Å². The van der Waals surface area contributed by atoms with Crippen LogP contribution >= 0.6 is 0 Å². The van der Waals surface area contributed by atoms with Crippen molar-refractivity contribution in [3.63, 3.8) is 0 Å². The lowest BCUT2D eigenvalue weighted by Crippen LogP contribution is -2.12. The molecule has 0 fully saturated rings. The van der Waals surface area contributed by atoms with Crippen molar-refractivity contribution in [2.75, 3.05) is 0 Å². The van der Waals surface area contributed by atoms with E-state index in [2.05, 4.69) is 5.10 Å². The van der Waals surface area contributed by atoms with E-state index in [1.165, 1.54) is 18.2 Å². The molecule has 1 aromatic carbocycles. The molecule has 1 heterocycles. The number of carboxylic acid groups (broad SMARTS) is 1. The third-order valence-electron chi connectivity index (χ3n) is 2.92. The maximum absolute atomic E-state index is 12.9. The first-order valence-electron chi connectivity index (χ1n) is 6.74. The van der Waals surface area contributed by atoms with E-state index in [-0.39, 0.29) is 23.1 Å². The van der Waals surface area contributed by atoms with Crippen LogP contribution in [0, 0.1) is 11.3 Å². The molecule has 0 unspecified atom stereocenters. The highest BCUT2D eigenvalue weighted by molar-refractivity contribution is 5.89. The number of hydrogen-bond acceptors (Lipinski definition) is 4. The van der Waals surface area contributed by atoms with Gasteiger partial charge in [-0.05, 0) is 32.0 Å². The highest BCUT2D eigenvalue weighted by Crippen LogP contribution is 2.32. The van der Waals surface area contributed by atoms with Gasteiger partial charge in [0.15, 0.2) is 5.69 Å². The lowest BCUT2D eigenvalue weighted by atomic mass is 10.2. The summed E-state index contributed by atoms with van der Waals surface area (Å²) in [5.41, 5.74) is -2.26. The number of nitrogens with zero attached hydrogens (tertiary/aromatic N) is 3. The minimum atomic E-state index is -4.91. The number of halogens is 3. The molecule has 9 heteroatoms. The summed E-state index contributed by atoms with van der Waals surface area (Å²) in [5.74, 6) is -1.47. The third-order valence-corrected chi connectivity index (χ3v) is 2.92. The predicted molar refractivity (Wildman–Crippen MR) is 76.0 cm³/mol. The Morgan fingerprint density at radius 3 is 2.54 bits per heavy atom. The molecule has 0 amide bonds. The summed E-state index contributed by atoms with van der Waals surface area (Å²) in [5, 5.41) is 21.4. The topological polar surface area (TPSA) is 88.1 Å². The summed E-state index contributed by atoms with van der Waals surface area (Å²) in [6, 6.07) is 5.96. The van der Waals surface area contributed by atoms with Crippen LogP contribution in [0.1, 0.15) is 35.5 Å². The van der Waals surface area contributed by atoms with E-state index in [4.69, 9.17) is 15.1 Å². The second-order valence-electron chi connectivity index (χ2n) is 5.10. The van der Waals surface area contributed by atoms with Gasteiger partial charge in [0.2, 0.25) is 0 Å². The van der Waals surface area contributed by atoms with Crippen LogP contribution in [0.15, 0.2) is 24.4 Å². The monoisotopic (exact) mass is 339 g/mol. The normalized spacial score (nSPS) is 11.4. The highest BCUT2D eigenvalue weighted by Gasteiger charge is 2.39. The van der Waals surface area contributed by atoms with Crippen LogP contribution in [0.2, 0.25) is 0 Å². The summed E-state index contributed by atoms with van der Waals surface area (Å²) < 4.78 is 44.8. The first-order chi connectivity index (χ1) is 11.1. The Balaban J connectivity index is 2.53. The highest BCUT2D eigenvalue weighted by atomic mass is 19.4. The fourth-order valence-corrected chi connectivity index (χ4v) is 1.98. The van der Waals surface area contributed by atoms with Gasteiger partial charge in [0, 0.05) is 6.20 Å². The van der Waals surface area contributed by atoms with E-state index >= 15 is 0 Å². The number of hydrogen-bond donors (Lipinski definition) is 1. The number of aromatic nitrogens is 2. The molecule has 0 radical (unpaired) electrons. The number of benzene rings is 1. The van der Waals surface area contributed by atoms with Crippen molar-refractivity contribution in [3.8, 4) is 17.5 Å². The van der Waals surface area contributed by atoms with Gasteiger partial charge in [0.05, 0.1) is 17.4 Å². The second kappa shape index (κ2) is 6.23. The van der Waals surface area contributed by atoms with Crippen LogP contribution in [0.25, 0.3) is 5.69 Å². The van der Waals surface area contributed by atoms with E-state index in [0.717, 1.165) is 10.9 Å². The fourth-order valence-electron chi connectivity index (χ4n) is 1.98. The number of ether oxygens (including phenoxy) is 1. The van der Waals surface area contributed by atoms with Crippen LogP contribution in [0.5, 0.6) is 5.75 Å². The Morgan fingerprint density at radius 2 is 2.08 bits per heavy atom. The predicted octanol–water partition coefficient (Wildman–Crippen LogP) is 3.25. The first-order valence-corrected chi connectivity index (χ1v) is 6.74. The van der Waals surface area contributed by atoms with Gasteiger partial charge < -0.3 is 9.84 Å². The van der Waals surface area contributed by atoms with Crippen molar-refractivity contribution in [2.24, 2.45) is 0 Å². The van der Waals surface area contributed by atoms with Gasteiger partial charge in [-0.1, -0.05) is 0 Å². The van der Waals surface area contributed by atoms with Gasteiger partial charge in [-0.25, -0.2) is 9.48 Å². The molecular formula is C15H12F3N3O3. The second-order valence-corrected chi connectivity index (χ2v) is 5.10. The molecule has 2 aromatic rings. The lowest BCUT2D eigenvalue weighted by Gasteiger charge is -2.12. The molecule has 0 aliphatic rings. The molecule has 126 valence electrons. The molecule has 0 spiro atoms. The Morgan fingerprint density at radius 1 is 1.42 bits per heavy atom. The van der Waals surface area contributed by atoms with E-state index in [1.807, 2.05) is 6.07 Å². The summed E-state index contributed by atoms with van der Waals surface area (Å²) in [4.78, 5) is 11.0. The summed E-state index contributed by atoms with van der Waals surface area (Å²) in [6.45, 7) is 3.52. The average molecular weight is 339 g/mol. The van der Waals surface area contributed by atoms with E-state index in [9.17, 15) is 18.0 Å². The number of carbonyl (C=O) groups is 1. The van der Waals surface area contributed by atoms with Crippen molar-refractivity contribution in [1.29, 1.82) is 5.26 Å². The van der Waals surface area contributed by atoms with E-state index < -0.39 is 23.4 Å². The van der Waals surface area contributed by atoms with Crippen molar-refractivity contribution >= 4 is 5.97 Å². The molecule has 1 aromatic heterocycles. The van der Waals surface area contributed by atoms with E-state index in [0.29, 0.717) is 0 Å². The third kappa shape index (κ3) is 3.48. The molecule has 0 aliphatic carbocycles. The van der Waals surface area contributed by atoms with Gasteiger partial charge in [0.25, 0.3) is 0 Å². The smallest absolute Gasteiger partial charge is 0.436 e. The molecular weight excluding hydrogens is 327 g/mol. The standard InChI is InChI=1S/C15H12F3N3O3/c1-8(2)24-12-4-3-10(5-9(12)6-19)21-7-11(14(22)23)13(20-21)15(16,17)18/h3-5,7-8H,1-2H3,(H,22,23). The fraction of sp³-hybridized carbons (Fsp3) is 0.267. The Labute approximate surface area is 134 Å². The van der Waals surface area contributed by atoms with Crippen molar-refractivity contribution in [3.05, 3.63) is 41.2 Å². The van der Waals surface area contributed by atoms with E-state index in [1.54, 1.807) is 13.8 Å². The number of alkyl halides is 3. The van der Waals surface area contributed by atoms with Gasteiger partial charge >= 0.3 is 12.1 Å². The van der Waals surface area contributed by atoms with Crippen LogP contribution in [-0.4, -0.2) is 27.0 Å². The summed E-state index contributed by atoms with van der Waals surface area (Å²) >= 11 is 0. The SMILES string of the molecule is CC(C)Oc1ccc(-n2cc(C(=O)O)c(C(F)(F)F)n2)cc1C#N. The van der Waals surface area contributed by atoms with Gasteiger partial charge in [-0.2, -0.15) is 23.5 Å². The number of nitriles is 1. The number of carboxylic acids is 1. The number of aromatic carboxylic acids is 1. The van der Waals surface area contributed by atoms with Crippen LogP contribution in [-0.2, 0) is 6.18 Å². The van der Waals surface area contributed by atoms with Crippen molar-refractivity contribution in [2.45, 2.75) is 26.1 Å².